The number of para-hydroxylation sites is 2. The first-order valence-corrected chi connectivity index (χ1v) is 7.37. The largest absolute Gasteiger partial charge is 0.490 e. The van der Waals surface area contributed by atoms with Gasteiger partial charge in [-0.25, -0.2) is 4.98 Å². The predicted octanol–water partition coefficient (Wildman–Crippen LogP) is 2.80. The molecule has 2 heterocycles. The van der Waals surface area contributed by atoms with Crippen molar-refractivity contribution in [3.8, 4) is 11.5 Å². The van der Waals surface area contributed by atoms with Gasteiger partial charge < -0.3 is 19.2 Å². The molecule has 0 spiro atoms. The summed E-state index contributed by atoms with van der Waals surface area (Å²) in [5, 5.41) is 3.36. The normalized spacial score (nSPS) is 19.4. The lowest BCUT2D eigenvalue weighted by atomic mass is 10.0. The van der Waals surface area contributed by atoms with Crippen LogP contribution in [0.15, 0.2) is 41.1 Å². The molecule has 1 fully saturated rings. The van der Waals surface area contributed by atoms with E-state index in [1.807, 2.05) is 31.2 Å². The zero-order valence-electron chi connectivity index (χ0n) is 12.1. The summed E-state index contributed by atoms with van der Waals surface area (Å²) < 4.78 is 17.3. The van der Waals surface area contributed by atoms with Crippen molar-refractivity contribution in [2.45, 2.75) is 19.4 Å². The van der Waals surface area contributed by atoms with Gasteiger partial charge in [0.05, 0.1) is 12.8 Å². The molecule has 2 atom stereocenters. The number of nitrogens with one attached hydrogen (secondary N) is 1. The molecular weight excluding hydrogens is 268 g/mol. The summed E-state index contributed by atoms with van der Waals surface area (Å²) in [6, 6.07) is 7.72. The molecule has 112 valence electrons. The van der Waals surface area contributed by atoms with Gasteiger partial charge in [0.15, 0.2) is 17.6 Å². The molecule has 1 aliphatic heterocycles. The van der Waals surface area contributed by atoms with Crippen LogP contribution in [0.5, 0.6) is 11.5 Å². The van der Waals surface area contributed by atoms with Gasteiger partial charge in [-0.2, -0.15) is 0 Å². The van der Waals surface area contributed by atoms with Crippen LogP contribution in [0.4, 0.5) is 0 Å². The Kier molecular flexibility index (Phi) is 4.40. The molecule has 5 nitrogen and oxygen atoms in total. The molecular formula is C16H20N2O3. The summed E-state index contributed by atoms with van der Waals surface area (Å²) >= 11 is 0. The van der Waals surface area contributed by atoms with Crippen molar-refractivity contribution in [3.05, 3.63) is 42.6 Å². The summed E-state index contributed by atoms with van der Waals surface area (Å²) in [4.78, 5) is 4.27. The Morgan fingerprint density at radius 1 is 1.38 bits per heavy atom. The van der Waals surface area contributed by atoms with Gasteiger partial charge in [0.2, 0.25) is 5.89 Å². The van der Waals surface area contributed by atoms with Gasteiger partial charge in [-0.1, -0.05) is 12.1 Å². The molecule has 1 aromatic heterocycles. The van der Waals surface area contributed by atoms with E-state index in [1.54, 1.807) is 12.5 Å². The van der Waals surface area contributed by atoms with E-state index in [1.165, 1.54) is 0 Å². The van der Waals surface area contributed by atoms with Crippen molar-refractivity contribution < 1.29 is 13.9 Å². The summed E-state index contributed by atoms with van der Waals surface area (Å²) in [7, 11) is 0. The molecule has 5 heteroatoms. The minimum Gasteiger partial charge on any atom is -0.490 e. The second-order valence-electron chi connectivity index (χ2n) is 5.04. The van der Waals surface area contributed by atoms with Crippen molar-refractivity contribution in [1.29, 1.82) is 0 Å². The van der Waals surface area contributed by atoms with Crippen LogP contribution in [-0.2, 0) is 0 Å². The Labute approximate surface area is 124 Å². The van der Waals surface area contributed by atoms with Crippen LogP contribution in [-0.4, -0.2) is 24.7 Å². The Morgan fingerprint density at radius 2 is 2.24 bits per heavy atom. The highest BCUT2D eigenvalue weighted by Gasteiger charge is 2.31. The smallest absolute Gasteiger partial charge is 0.235 e. The third-order valence-electron chi connectivity index (χ3n) is 3.62. The van der Waals surface area contributed by atoms with Gasteiger partial charge in [0.1, 0.15) is 6.26 Å². The van der Waals surface area contributed by atoms with Crippen LogP contribution in [0, 0.1) is 5.92 Å². The molecule has 21 heavy (non-hydrogen) atoms. The molecule has 0 radical (unpaired) electrons. The van der Waals surface area contributed by atoms with E-state index in [0.717, 1.165) is 31.0 Å². The second-order valence-corrected chi connectivity index (χ2v) is 5.04. The van der Waals surface area contributed by atoms with Gasteiger partial charge in [-0.3, -0.25) is 0 Å². The van der Waals surface area contributed by atoms with Gasteiger partial charge in [-0.15, -0.1) is 0 Å². The molecule has 0 saturated carbocycles. The number of nitrogens with zero attached hydrogens (tertiary/aromatic N) is 1. The highest BCUT2D eigenvalue weighted by atomic mass is 16.5. The molecule has 0 amide bonds. The third kappa shape index (κ3) is 3.19. The van der Waals surface area contributed by atoms with Gasteiger partial charge in [0.25, 0.3) is 0 Å². The average Bonchev–Trinajstić information content (AvgIpc) is 3.20. The molecule has 1 N–H and O–H groups in total. The van der Waals surface area contributed by atoms with E-state index in [9.17, 15) is 0 Å². The Balaban J connectivity index is 1.84. The molecule has 0 aliphatic carbocycles. The van der Waals surface area contributed by atoms with E-state index in [0.29, 0.717) is 18.4 Å². The maximum Gasteiger partial charge on any atom is 0.235 e. The number of oxazole rings is 1. The number of benzene rings is 1. The fraction of sp³-hybridized carbons (Fsp3) is 0.438. The standard InChI is InChI=1S/C16H20N2O3/c1-2-19-13-5-3-4-6-14(13)21-15(12-7-8-17-11-12)16-18-9-10-20-16/h3-6,9-10,12,15,17H,2,7-8,11H2,1H3/t12-,15+/m1/s1. The van der Waals surface area contributed by atoms with E-state index < -0.39 is 0 Å². The molecule has 1 aliphatic rings. The first-order chi connectivity index (χ1) is 10.4. The highest BCUT2D eigenvalue weighted by molar-refractivity contribution is 5.39. The predicted molar refractivity (Wildman–Crippen MR) is 78.5 cm³/mol. The monoisotopic (exact) mass is 288 g/mol. The first-order valence-electron chi connectivity index (χ1n) is 7.37. The molecule has 0 unspecified atom stereocenters. The van der Waals surface area contributed by atoms with Crippen LogP contribution < -0.4 is 14.8 Å². The fourth-order valence-corrected chi connectivity index (χ4v) is 2.62. The Bertz CT molecular complexity index is 550. The Morgan fingerprint density at radius 3 is 2.90 bits per heavy atom. The van der Waals surface area contributed by atoms with Crippen molar-refractivity contribution in [2.24, 2.45) is 5.92 Å². The quantitative estimate of drug-likeness (QED) is 0.885. The zero-order valence-corrected chi connectivity index (χ0v) is 12.1. The minimum atomic E-state index is -0.198. The van der Waals surface area contributed by atoms with Crippen LogP contribution in [0.2, 0.25) is 0 Å². The van der Waals surface area contributed by atoms with Crippen molar-refractivity contribution >= 4 is 0 Å². The number of hydrogen-bond donors (Lipinski definition) is 1. The SMILES string of the molecule is CCOc1ccccc1O[C@H](c1ncco1)[C@@H]1CCNC1. The van der Waals surface area contributed by atoms with Crippen LogP contribution in [0.25, 0.3) is 0 Å². The average molecular weight is 288 g/mol. The maximum absolute atomic E-state index is 6.21. The van der Waals surface area contributed by atoms with E-state index >= 15 is 0 Å². The molecule has 2 aromatic rings. The topological polar surface area (TPSA) is 56.5 Å². The van der Waals surface area contributed by atoms with Crippen molar-refractivity contribution in [3.63, 3.8) is 0 Å². The summed E-state index contributed by atoms with van der Waals surface area (Å²) in [5.41, 5.74) is 0. The number of rotatable bonds is 6. The van der Waals surface area contributed by atoms with Gasteiger partial charge in [0, 0.05) is 12.5 Å². The lowest BCUT2D eigenvalue weighted by Gasteiger charge is -2.22. The van der Waals surface area contributed by atoms with E-state index in [2.05, 4.69) is 10.3 Å². The van der Waals surface area contributed by atoms with Crippen LogP contribution in [0.1, 0.15) is 25.3 Å². The summed E-state index contributed by atoms with van der Waals surface area (Å²) in [6.45, 7) is 4.47. The number of ether oxygens (including phenoxy) is 2. The van der Waals surface area contributed by atoms with Crippen molar-refractivity contribution in [2.75, 3.05) is 19.7 Å². The van der Waals surface area contributed by atoms with Gasteiger partial charge >= 0.3 is 0 Å². The first kappa shape index (κ1) is 13.9. The van der Waals surface area contributed by atoms with Gasteiger partial charge in [-0.05, 0) is 32.0 Å². The highest BCUT2D eigenvalue weighted by Crippen LogP contribution is 2.35. The van der Waals surface area contributed by atoms with Crippen molar-refractivity contribution in [1.82, 2.24) is 10.3 Å². The molecule has 1 aromatic carbocycles. The molecule has 0 bridgehead atoms. The van der Waals surface area contributed by atoms with Crippen LogP contribution >= 0.6 is 0 Å². The third-order valence-corrected chi connectivity index (χ3v) is 3.62. The van der Waals surface area contributed by atoms with E-state index in [-0.39, 0.29) is 6.10 Å². The summed E-state index contributed by atoms with van der Waals surface area (Å²) in [6.07, 6.45) is 4.09. The number of hydrogen-bond acceptors (Lipinski definition) is 5. The van der Waals surface area contributed by atoms with E-state index in [4.69, 9.17) is 13.9 Å². The number of aromatic nitrogens is 1. The Hall–Kier alpha value is -2.01. The lowest BCUT2D eigenvalue weighted by molar-refractivity contribution is 0.109. The molecule has 3 rings (SSSR count). The molecule has 1 saturated heterocycles. The van der Waals surface area contributed by atoms with Crippen LogP contribution in [0.3, 0.4) is 0 Å². The maximum atomic E-state index is 6.21. The zero-order chi connectivity index (χ0) is 14.5. The summed E-state index contributed by atoms with van der Waals surface area (Å²) in [5.74, 6) is 2.45. The minimum absolute atomic E-state index is 0.198. The lowest BCUT2D eigenvalue weighted by Crippen LogP contribution is -2.22. The second kappa shape index (κ2) is 6.63. The fourth-order valence-electron chi connectivity index (χ4n) is 2.62.